The lowest BCUT2D eigenvalue weighted by Gasteiger charge is -2.08. The second-order valence-electron chi connectivity index (χ2n) is 5.19. The zero-order valence-corrected chi connectivity index (χ0v) is 14.2. The molecule has 0 saturated heterocycles. The Morgan fingerprint density at radius 3 is 2.50 bits per heavy atom. The van der Waals surface area contributed by atoms with Crippen molar-refractivity contribution in [3.8, 4) is 0 Å². The van der Waals surface area contributed by atoms with Crippen LogP contribution in [0.3, 0.4) is 0 Å². The van der Waals surface area contributed by atoms with Gasteiger partial charge in [-0.1, -0.05) is 42.1 Å². The van der Waals surface area contributed by atoms with Gasteiger partial charge in [-0.25, -0.2) is 9.78 Å². The number of anilines is 1. The Balaban J connectivity index is 1.62. The highest BCUT2D eigenvalue weighted by atomic mass is 32.2. The van der Waals surface area contributed by atoms with Crippen LogP contribution in [0.25, 0.3) is 11.0 Å². The average molecular weight is 376 g/mol. The summed E-state index contributed by atoms with van der Waals surface area (Å²) in [5, 5.41) is 4.66. The van der Waals surface area contributed by atoms with Gasteiger partial charge >= 0.3 is 12.6 Å². The summed E-state index contributed by atoms with van der Waals surface area (Å²) in [5.74, 6) is -0.838. The van der Waals surface area contributed by atoms with Gasteiger partial charge in [0, 0.05) is 5.69 Å². The summed E-state index contributed by atoms with van der Waals surface area (Å²) in [6.07, 6.45) is 0. The van der Waals surface area contributed by atoms with Gasteiger partial charge in [0.05, 0.1) is 16.8 Å². The number of halogens is 2. The maximum atomic E-state index is 13.3. The van der Waals surface area contributed by atoms with E-state index < -0.39 is 18.5 Å². The normalized spacial score (nSPS) is 10.9. The van der Waals surface area contributed by atoms with Crippen LogP contribution in [-0.4, -0.2) is 27.2 Å². The number of alkyl halides is 2. The minimum absolute atomic E-state index is 0.0137. The first-order valence-corrected chi connectivity index (χ1v) is 8.57. The number of hydrogen-bond acceptors (Lipinski definition) is 4. The van der Waals surface area contributed by atoms with Crippen LogP contribution in [0, 0.1) is 0 Å². The second kappa shape index (κ2) is 7.96. The van der Waals surface area contributed by atoms with Crippen molar-refractivity contribution in [1.29, 1.82) is 0 Å². The van der Waals surface area contributed by atoms with Crippen molar-refractivity contribution < 1.29 is 18.4 Å². The summed E-state index contributed by atoms with van der Waals surface area (Å²) in [4.78, 5) is 27.8. The van der Waals surface area contributed by atoms with Gasteiger partial charge in [-0.3, -0.25) is 14.7 Å². The summed E-state index contributed by atoms with van der Waals surface area (Å²) in [7, 11) is 0. The molecule has 0 atom stereocenters. The molecule has 0 unspecified atom stereocenters. The molecule has 6 nitrogen and oxygen atoms in total. The minimum Gasteiger partial charge on any atom is -0.308 e. The van der Waals surface area contributed by atoms with Crippen LogP contribution in [0.5, 0.6) is 0 Å². The standard InChI is InChI=1S/C17H14F2N4O2S/c18-15(19)23-13-9-5-4-8-12(13)21-17(23)26-10-14(24)22-16(25)20-11-6-2-1-3-7-11/h1-9,15H,10H2,(H2,20,22,24,25). The topological polar surface area (TPSA) is 76.0 Å². The number of benzene rings is 2. The van der Waals surface area contributed by atoms with E-state index in [0.717, 1.165) is 16.3 Å². The van der Waals surface area contributed by atoms with Crippen LogP contribution in [0.4, 0.5) is 19.3 Å². The van der Waals surface area contributed by atoms with Crippen LogP contribution in [0.1, 0.15) is 6.55 Å². The summed E-state index contributed by atoms with van der Waals surface area (Å²) in [6.45, 7) is -2.78. The molecule has 3 amide bonds. The van der Waals surface area contributed by atoms with E-state index >= 15 is 0 Å². The number of carbonyl (C=O) groups is 2. The van der Waals surface area contributed by atoms with Crippen molar-refractivity contribution >= 4 is 40.4 Å². The summed E-state index contributed by atoms with van der Waals surface area (Å²) in [6, 6.07) is 14.4. The van der Waals surface area contributed by atoms with E-state index in [1.807, 2.05) is 0 Å². The molecule has 9 heteroatoms. The summed E-state index contributed by atoms with van der Waals surface area (Å²) < 4.78 is 27.4. The Morgan fingerprint density at radius 1 is 1.08 bits per heavy atom. The highest BCUT2D eigenvalue weighted by Crippen LogP contribution is 2.28. The molecule has 134 valence electrons. The molecule has 0 aliphatic heterocycles. The number of hydrogen-bond donors (Lipinski definition) is 2. The minimum atomic E-state index is -2.78. The number of thioether (sulfide) groups is 1. The zero-order valence-electron chi connectivity index (χ0n) is 13.4. The SMILES string of the molecule is O=C(CSc1nc2ccccc2n1C(F)F)NC(=O)Nc1ccccc1. The Hall–Kier alpha value is -2.94. The van der Waals surface area contributed by atoms with Gasteiger partial charge in [0.2, 0.25) is 5.91 Å². The quantitative estimate of drug-likeness (QED) is 0.663. The van der Waals surface area contributed by atoms with Crippen LogP contribution >= 0.6 is 11.8 Å². The molecule has 3 aromatic rings. The molecule has 1 heterocycles. The number of nitrogens with one attached hydrogen (secondary N) is 2. The maximum Gasteiger partial charge on any atom is 0.325 e. The van der Waals surface area contributed by atoms with Crippen LogP contribution in [-0.2, 0) is 4.79 Å². The highest BCUT2D eigenvalue weighted by Gasteiger charge is 2.19. The Labute approximate surface area is 151 Å². The lowest BCUT2D eigenvalue weighted by atomic mass is 10.3. The molecule has 0 spiro atoms. The number of nitrogens with zero attached hydrogens (tertiary/aromatic N) is 2. The number of rotatable bonds is 5. The molecule has 2 N–H and O–H groups in total. The van der Waals surface area contributed by atoms with Crippen molar-refractivity contribution in [2.75, 3.05) is 11.1 Å². The van der Waals surface area contributed by atoms with E-state index in [-0.39, 0.29) is 16.4 Å². The molecule has 0 bridgehead atoms. The van der Waals surface area contributed by atoms with Gasteiger partial charge in [-0.2, -0.15) is 8.78 Å². The third kappa shape index (κ3) is 4.17. The van der Waals surface area contributed by atoms with Crippen molar-refractivity contribution in [3.05, 3.63) is 54.6 Å². The largest absolute Gasteiger partial charge is 0.325 e. The fourth-order valence-electron chi connectivity index (χ4n) is 2.29. The van der Waals surface area contributed by atoms with E-state index in [0.29, 0.717) is 11.2 Å². The lowest BCUT2D eigenvalue weighted by molar-refractivity contribution is -0.117. The van der Waals surface area contributed by atoms with Crippen LogP contribution in [0.2, 0.25) is 0 Å². The van der Waals surface area contributed by atoms with Crippen molar-refractivity contribution in [1.82, 2.24) is 14.9 Å². The number of aromatic nitrogens is 2. The third-order valence-electron chi connectivity index (χ3n) is 3.38. The van der Waals surface area contributed by atoms with E-state index in [1.165, 1.54) is 6.07 Å². The zero-order chi connectivity index (χ0) is 18.5. The molecule has 0 fully saturated rings. The van der Waals surface area contributed by atoms with E-state index in [4.69, 9.17) is 0 Å². The first-order valence-electron chi connectivity index (χ1n) is 7.58. The van der Waals surface area contributed by atoms with Crippen molar-refractivity contribution in [2.24, 2.45) is 0 Å². The predicted octanol–water partition coefficient (Wildman–Crippen LogP) is 3.87. The number of imidazole rings is 1. The molecule has 26 heavy (non-hydrogen) atoms. The Kier molecular flexibility index (Phi) is 5.47. The van der Waals surface area contributed by atoms with Gasteiger partial charge < -0.3 is 5.32 Å². The molecular formula is C17H14F2N4O2S. The fraction of sp³-hybridized carbons (Fsp3) is 0.118. The van der Waals surface area contributed by atoms with E-state index in [2.05, 4.69) is 15.6 Å². The molecule has 0 radical (unpaired) electrons. The molecule has 0 saturated carbocycles. The van der Waals surface area contributed by atoms with E-state index in [1.54, 1.807) is 48.5 Å². The van der Waals surface area contributed by atoms with Gasteiger partial charge in [-0.15, -0.1) is 0 Å². The van der Waals surface area contributed by atoms with Gasteiger partial charge in [0.25, 0.3) is 0 Å². The maximum absolute atomic E-state index is 13.3. The summed E-state index contributed by atoms with van der Waals surface area (Å²) >= 11 is 0.837. The lowest BCUT2D eigenvalue weighted by Crippen LogP contribution is -2.35. The molecule has 2 aromatic carbocycles. The fourth-order valence-corrected chi connectivity index (χ4v) is 3.10. The molecular weight excluding hydrogens is 362 g/mol. The first-order chi connectivity index (χ1) is 12.5. The predicted molar refractivity (Wildman–Crippen MR) is 95.3 cm³/mol. The van der Waals surface area contributed by atoms with Gasteiger partial charge in [-0.05, 0) is 24.3 Å². The molecule has 0 aliphatic rings. The number of fused-ring (bicyclic) bond motifs is 1. The summed E-state index contributed by atoms with van der Waals surface area (Å²) in [5.41, 5.74) is 1.23. The van der Waals surface area contributed by atoms with Crippen LogP contribution < -0.4 is 10.6 Å². The highest BCUT2D eigenvalue weighted by molar-refractivity contribution is 7.99. The Morgan fingerprint density at radius 2 is 1.77 bits per heavy atom. The number of carbonyl (C=O) groups excluding carboxylic acids is 2. The number of amides is 3. The van der Waals surface area contributed by atoms with Crippen LogP contribution in [0.15, 0.2) is 59.8 Å². The number of para-hydroxylation sites is 3. The average Bonchev–Trinajstić information content (AvgIpc) is 2.99. The van der Waals surface area contributed by atoms with Crippen molar-refractivity contribution in [3.63, 3.8) is 0 Å². The Bertz CT molecular complexity index is 931. The first kappa shape index (κ1) is 17.9. The van der Waals surface area contributed by atoms with Gasteiger partial charge in [0.15, 0.2) is 5.16 Å². The smallest absolute Gasteiger partial charge is 0.308 e. The molecule has 1 aromatic heterocycles. The second-order valence-corrected chi connectivity index (χ2v) is 6.13. The number of urea groups is 1. The number of imide groups is 1. The molecule has 3 rings (SSSR count). The van der Waals surface area contributed by atoms with Gasteiger partial charge in [0.1, 0.15) is 0 Å². The molecule has 0 aliphatic carbocycles. The van der Waals surface area contributed by atoms with Crippen molar-refractivity contribution in [2.45, 2.75) is 11.7 Å². The van der Waals surface area contributed by atoms with E-state index in [9.17, 15) is 18.4 Å². The third-order valence-corrected chi connectivity index (χ3v) is 4.33. The monoisotopic (exact) mass is 376 g/mol.